The Morgan fingerprint density at radius 1 is 1.35 bits per heavy atom. The number of aromatic nitrogens is 1. The molecule has 0 aliphatic carbocycles. The second-order valence-electron chi connectivity index (χ2n) is 4.29. The van der Waals surface area contributed by atoms with Crippen LogP contribution in [0.1, 0.15) is 16.1 Å². The highest BCUT2D eigenvalue weighted by Gasteiger charge is 2.10. The van der Waals surface area contributed by atoms with Crippen LogP contribution in [0.15, 0.2) is 42.6 Å². The maximum atomic E-state index is 11.7. The summed E-state index contributed by atoms with van der Waals surface area (Å²) in [5.41, 5.74) is 1.13. The molecule has 0 saturated carbocycles. The van der Waals surface area contributed by atoms with Gasteiger partial charge in [0.2, 0.25) is 0 Å². The van der Waals surface area contributed by atoms with Gasteiger partial charge < -0.3 is 15.2 Å². The Kier molecular flexibility index (Phi) is 4.55. The summed E-state index contributed by atoms with van der Waals surface area (Å²) in [6, 6.07) is 10.7. The summed E-state index contributed by atoms with van der Waals surface area (Å²) in [5.74, 6) is 0.209. The zero-order chi connectivity index (χ0) is 14.4. The van der Waals surface area contributed by atoms with Crippen LogP contribution < -0.4 is 10.1 Å². The van der Waals surface area contributed by atoms with Crippen LogP contribution in [0.2, 0.25) is 0 Å². The van der Waals surface area contributed by atoms with Crippen molar-refractivity contribution in [1.29, 1.82) is 0 Å². The van der Waals surface area contributed by atoms with Crippen LogP contribution in [0.25, 0.3) is 0 Å². The second-order valence-corrected chi connectivity index (χ2v) is 4.29. The SMILES string of the molecule is Cc1cccc(OCCNC(=O)c2ncccc2O)c1. The molecule has 1 heterocycles. The third-order valence-electron chi connectivity index (χ3n) is 2.65. The zero-order valence-electron chi connectivity index (χ0n) is 11.2. The van der Waals surface area contributed by atoms with Gasteiger partial charge in [0.15, 0.2) is 5.69 Å². The summed E-state index contributed by atoms with van der Waals surface area (Å²) < 4.78 is 5.51. The number of aromatic hydroxyl groups is 1. The first kappa shape index (κ1) is 13.9. The molecule has 0 unspecified atom stereocenters. The van der Waals surface area contributed by atoms with E-state index in [2.05, 4.69) is 10.3 Å². The number of hydrogen-bond donors (Lipinski definition) is 2. The van der Waals surface area contributed by atoms with Gasteiger partial charge in [0.05, 0.1) is 6.54 Å². The maximum absolute atomic E-state index is 11.7. The fraction of sp³-hybridized carbons (Fsp3) is 0.200. The van der Waals surface area contributed by atoms with Crippen LogP contribution in [0, 0.1) is 6.92 Å². The van der Waals surface area contributed by atoms with Crippen LogP contribution in [0.4, 0.5) is 0 Å². The summed E-state index contributed by atoms with van der Waals surface area (Å²) in [5, 5.41) is 12.1. The summed E-state index contributed by atoms with van der Waals surface area (Å²) in [4.78, 5) is 15.6. The molecule has 1 amide bonds. The van der Waals surface area contributed by atoms with E-state index >= 15 is 0 Å². The molecule has 2 aromatic rings. The molecule has 1 aromatic heterocycles. The molecule has 0 radical (unpaired) electrons. The molecule has 0 aliphatic heterocycles. The number of benzene rings is 1. The van der Waals surface area contributed by atoms with Crippen LogP contribution in [0.3, 0.4) is 0 Å². The molecule has 2 N–H and O–H groups in total. The lowest BCUT2D eigenvalue weighted by molar-refractivity contribution is 0.0939. The molecular weight excluding hydrogens is 256 g/mol. The van der Waals surface area contributed by atoms with Gasteiger partial charge in [-0.3, -0.25) is 4.79 Å². The van der Waals surface area contributed by atoms with Crippen molar-refractivity contribution in [3.8, 4) is 11.5 Å². The molecule has 0 spiro atoms. The zero-order valence-corrected chi connectivity index (χ0v) is 11.2. The van der Waals surface area contributed by atoms with Crippen LogP contribution in [-0.4, -0.2) is 29.1 Å². The van der Waals surface area contributed by atoms with Crippen molar-refractivity contribution in [2.45, 2.75) is 6.92 Å². The molecule has 5 nitrogen and oxygen atoms in total. The van der Waals surface area contributed by atoms with E-state index in [1.165, 1.54) is 12.3 Å². The van der Waals surface area contributed by atoms with E-state index in [1.807, 2.05) is 31.2 Å². The van der Waals surface area contributed by atoms with Crippen molar-refractivity contribution in [1.82, 2.24) is 10.3 Å². The number of aryl methyl sites for hydroxylation is 1. The predicted octanol–water partition coefficient (Wildman–Crippen LogP) is 1.90. The highest BCUT2D eigenvalue weighted by atomic mass is 16.5. The average molecular weight is 272 g/mol. The van der Waals surface area contributed by atoms with Gasteiger partial charge in [-0.25, -0.2) is 4.98 Å². The van der Waals surface area contributed by atoms with Crippen molar-refractivity contribution in [3.05, 3.63) is 53.9 Å². The number of rotatable bonds is 5. The van der Waals surface area contributed by atoms with Gasteiger partial charge in [0.25, 0.3) is 5.91 Å². The Morgan fingerprint density at radius 3 is 2.95 bits per heavy atom. The Labute approximate surface area is 117 Å². The smallest absolute Gasteiger partial charge is 0.273 e. The molecule has 2 rings (SSSR count). The van der Waals surface area contributed by atoms with E-state index in [9.17, 15) is 9.90 Å². The Balaban J connectivity index is 1.79. The van der Waals surface area contributed by atoms with Crippen LogP contribution in [-0.2, 0) is 0 Å². The number of amides is 1. The summed E-state index contributed by atoms with van der Waals surface area (Å²) in [6.07, 6.45) is 1.46. The van der Waals surface area contributed by atoms with Gasteiger partial charge in [-0.15, -0.1) is 0 Å². The molecule has 0 fully saturated rings. The summed E-state index contributed by atoms with van der Waals surface area (Å²) in [6.45, 7) is 2.67. The van der Waals surface area contributed by atoms with E-state index in [4.69, 9.17) is 4.74 Å². The molecule has 1 aromatic carbocycles. The Morgan fingerprint density at radius 2 is 2.20 bits per heavy atom. The molecular formula is C15H16N2O3. The number of nitrogens with one attached hydrogen (secondary N) is 1. The lowest BCUT2D eigenvalue weighted by Gasteiger charge is -2.08. The van der Waals surface area contributed by atoms with Crippen molar-refractivity contribution in [2.24, 2.45) is 0 Å². The number of ether oxygens (including phenoxy) is 1. The quantitative estimate of drug-likeness (QED) is 0.816. The second kappa shape index (κ2) is 6.56. The molecule has 104 valence electrons. The number of nitrogens with zero attached hydrogens (tertiary/aromatic N) is 1. The first-order chi connectivity index (χ1) is 9.66. The minimum absolute atomic E-state index is 0.0167. The van der Waals surface area contributed by atoms with Gasteiger partial charge in [-0.2, -0.15) is 0 Å². The number of carbonyl (C=O) groups is 1. The van der Waals surface area contributed by atoms with E-state index in [-0.39, 0.29) is 11.4 Å². The highest BCUT2D eigenvalue weighted by Crippen LogP contribution is 2.13. The molecule has 20 heavy (non-hydrogen) atoms. The van der Waals surface area contributed by atoms with Crippen molar-refractivity contribution < 1.29 is 14.6 Å². The number of carbonyl (C=O) groups excluding carboxylic acids is 1. The first-order valence-electron chi connectivity index (χ1n) is 6.28. The first-order valence-corrected chi connectivity index (χ1v) is 6.28. The normalized spacial score (nSPS) is 10.1. The molecule has 0 saturated heterocycles. The van der Waals surface area contributed by atoms with Gasteiger partial charge in [0, 0.05) is 6.20 Å². The fourth-order valence-corrected chi connectivity index (χ4v) is 1.69. The van der Waals surface area contributed by atoms with Crippen molar-refractivity contribution >= 4 is 5.91 Å². The summed E-state index contributed by atoms with van der Waals surface area (Å²) >= 11 is 0. The van der Waals surface area contributed by atoms with Crippen LogP contribution >= 0.6 is 0 Å². The topological polar surface area (TPSA) is 71.5 Å². The van der Waals surface area contributed by atoms with Crippen molar-refractivity contribution in [2.75, 3.05) is 13.2 Å². The van der Waals surface area contributed by atoms with Crippen molar-refractivity contribution in [3.63, 3.8) is 0 Å². The van der Waals surface area contributed by atoms with E-state index in [0.717, 1.165) is 11.3 Å². The van der Waals surface area contributed by atoms with Gasteiger partial charge in [0.1, 0.15) is 18.1 Å². The Hall–Kier alpha value is -2.56. The van der Waals surface area contributed by atoms with E-state index in [1.54, 1.807) is 6.07 Å². The molecule has 5 heteroatoms. The standard InChI is InChI=1S/C15H16N2O3/c1-11-4-2-5-12(10-11)20-9-8-17-15(19)14-13(18)6-3-7-16-14/h2-7,10,18H,8-9H2,1H3,(H,17,19). The van der Waals surface area contributed by atoms with Gasteiger partial charge >= 0.3 is 0 Å². The number of hydrogen-bond acceptors (Lipinski definition) is 4. The monoisotopic (exact) mass is 272 g/mol. The minimum Gasteiger partial charge on any atom is -0.505 e. The average Bonchev–Trinajstić information content (AvgIpc) is 2.44. The minimum atomic E-state index is -0.420. The summed E-state index contributed by atoms with van der Waals surface area (Å²) in [7, 11) is 0. The van der Waals surface area contributed by atoms with E-state index < -0.39 is 5.91 Å². The molecule has 0 bridgehead atoms. The maximum Gasteiger partial charge on any atom is 0.273 e. The van der Waals surface area contributed by atoms with Gasteiger partial charge in [-0.1, -0.05) is 12.1 Å². The Bertz CT molecular complexity index is 599. The fourth-order valence-electron chi connectivity index (χ4n) is 1.69. The van der Waals surface area contributed by atoms with E-state index in [0.29, 0.717) is 13.2 Å². The molecule has 0 atom stereocenters. The lowest BCUT2D eigenvalue weighted by Crippen LogP contribution is -2.28. The predicted molar refractivity (Wildman–Crippen MR) is 74.9 cm³/mol. The number of pyridine rings is 1. The third kappa shape index (κ3) is 3.71. The highest BCUT2D eigenvalue weighted by molar-refractivity contribution is 5.94. The lowest BCUT2D eigenvalue weighted by atomic mass is 10.2. The largest absolute Gasteiger partial charge is 0.505 e. The third-order valence-corrected chi connectivity index (χ3v) is 2.65. The molecule has 0 aliphatic rings. The van der Waals surface area contributed by atoms with Crippen LogP contribution in [0.5, 0.6) is 11.5 Å². The van der Waals surface area contributed by atoms with Gasteiger partial charge in [-0.05, 0) is 36.8 Å².